The van der Waals surface area contributed by atoms with Gasteiger partial charge in [0.05, 0.1) is 10.2 Å². The topological polar surface area (TPSA) is 24.9 Å². The van der Waals surface area contributed by atoms with E-state index >= 15 is 0 Å². The zero-order valence-corrected chi connectivity index (χ0v) is 9.53. The largest absolute Gasteiger partial charge is 0.314 e. The third-order valence-electron chi connectivity index (χ3n) is 2.38. The molecule has 1 aromatic carbocycles. The molecule has 0 radical (unpaired) electrons. The number of thiazole rings is 1. The van der Waals surface area contributed by atoms with Gasteiger partial charge in [-0.05, 0) is 44.2 Å². The molecule has 0 saturated heterocycles. The number of aryl methyl sites for hydroxylation is 2. The van der Waals surface area contributed by atoms with Gasteiger partial charge in [0.2, 0.25) is 0 Å². The summed E-state index contributed by atoms with van der Waals surface area (Å²) < 4.78 is 1.29. The molecule has 0 aliphatic heterocycles. The van der Waals surface area contributed by atoms with Gasteiger partial charge in [-0.3, -0.25) is 0 Å². The van der Waals surface area contributed by atoms with Crippen LogP contribution in [0.1, 0.15) is 16.1 Å². The summed E-state index contributed by atoms with van der Waals surface area (Å²) in [6.45, 7) is 5.13. The molecule has 0 aliphatic rings. The Bertz CT molecular complexity index is 421. The van der Waals surface area contributed by atoms with Crippen LogP contribution >= 0.6 is 11.3 Å². The molecule has 0 amide bonds. The van der Waals surface area contributed by atoms with E-state index in [1.807, 2.05) is 7.05 Å². The maximum absolute atomic E-state index is 4.56. The molecule has 1 N–H and O–H groups in total. The van der Waals surface area contributed by atoms with Crippen molar-refractivity contribution in [3.05, 3.63) is 28.3 Å². The highest BCUT2D eigenvalue weighted by atomic mass is 32.1. The maximum Gasteiger partial charge on any atom is 0.108 e. The van der Waals surface area contributed by atoms with Gasteiger partial charge < -0.3 is 5.32 Å². The monoisotopic (exact) mass is 206 g/mol. The van der Waals surface area contributed by atoms with Gasteiger partial charge in [0, 0.05) is 6.54 Å². The minimum absolute atomic E-state index is 0.859. The lowest BCUT2D eigenvalue weighted by Gasteiger charge is -1.96. The summed E-state index contributed by atoms with van der Waals surface area (Å²) in [6, 6.07) is 4.39. The van der Waals surface area contributed by atoms with Crippen LogP contribution in [0.15, 0.2) is 12.1 Å². The lowest BCUT2D eigenvalue weighted by atomic mass is 10.1. The molecule has 0 bridgehead atoms. The highest BCUT2D eigenvalue weighted by molar-refractivity contribution is 7.18. The molecule has 1 heterocycles. The van der Waals surface area contributed by atoms with Crippen LogP contribution in [0.4, 0.5) is 0 Å². The molecule has 0 aliphatic carbocycles. The normalized spacial score (nSPS) is 11.1. The van der Waals surface area contributed by atoms with Crippen LogP contribution in [-0.2, 0) is 6.54 Å². The zero-order chi connectivity index (χ0) is 10.1. The second-order valence-electron chi connectivity index (χ2n) is 3.54. The molecule has 2 rings (SSSR count). The van der Waals surface area contributed by atoms with E-state index in [2.05, 4.69) is 36.3 Å². The van der Waals surface area contributed by atoms with Crippen molar-refractivity contribution < 1.29 is 0 Å². The lowest BCUT2D eigenvalue weighted by molar-refractivity contribution is 0.812. The summed E-state index contributed by atoms with van der Waals surface area (Å²) in [6.07, 6.45) is 0. The first kappa shape index (κ1) is 9.62. The molecule has 74 valence electrons. The van der Waals surface area contributed by atoms with Crippen LogP contribution in [0, 0.1) is 13.8 Å². The summed E-state index contributed by atoms with van der Waals surface area (Å²) in [5.74, 6) is 0. The van der Waals surface area contributed by atoms with Gasteiger partial charge in [0.15, 0.2) is 0 Å². The molecule has 0 atom stereocenters. The third kappa shape index (κ3) is 1.65. The predicted octanol–water partition coefficient (Wildman–Crippen LogP) is 2.63. The molecule has 2 aromatic rings. The first-order chi connectivity index (χ1) is 6.70. The average Bonchev–Trinajstić information content (AvgIpc) is 2.48. The summed E-state index contributed by atoms with van der Waals surface area (Å²) in [5, 5.41) is 4.28. The molecule has 0 fully saturated rings. The number of nitrogens with one attached hydrogen (secondary N) is 1. The maximum atomic E-state index is 4.56. The minimum Gasteiger partial charge on any atom is -0.314 e. The smallest absolute Gasteiger partial charge is 0.108 e. The van der Waals surface area contributed by atoms with Crippen LogP contribution in [0.25, 0.3) is 10.2 Å². The Morgan fingerprint density at radius 2 is 2.00 bits per heavy atom. The van der Waals surface area contributed by atoms with Crippen LogP contribution in [0.3, 0.4) is 0 Å². The SMILES string of the molecule is CNCc1nc2cc(C)c(C)cc2s1. The number of benzene rings is 1. The van der Waals surface area contributed by atoms with Crippen LogP contribution in [0.2, 0.25) is 0 Å². The summed E-state index contributed by atoms with van der Waals surface area (Å²) in [7, 11) is 1.95. The number of hydrogen-bond donors (Lipinski definition) is 1. The summed E-state index contributed by atoms with van der Waals surface area (Å²) >= 11 is 1.77. The lowest BCUT2D eigenvalue weighted by Crippen LogP contribution is -2.03. The van der Waals surface area contributed by atoms with E-state index in [0.29, 0.717) is 0 Å². The van der Waals surface area contributed by atoms with Gasteiger partial charge in [-0.1, -0.05) is 0 Å². The summed E-state index contributed by atoms with van der Waals surface area (Å²) in [5.41, 5.74) is 3.79. The van der Waals surface area contributed by atoms with E-state index in [1.54, 1.807) is 11.3 Å². The van der Waals surface area contributed by atoms with E-state index < -0.39 is 0 Å². The molecule has 14 heavy (non-hydrogen) atoms. The van der Waals surface area contributed by atoms with Crippen molar-refractivity contribution in [2.45, 2.75) is 20.4 Å². The second-order valence-corrected chi connectivity index (χ2v) is 4.66. The van der Waals surface area contributed by atoms with Crippen molar-refractivity contribution in [1.82, 2.24) is 10.3 Å². The van der Waals surface area contributed by atoms with E-state index in [9.17, 15) is 0 Å². The number of aromatic nitrogens is 1. The Morgan fingerprint density at radius 3 is 2.71 bits per heavy atom. The average molecular weight is 206 g/mol. The Morgan fingerprint density at radius 1 is 1.29 bits per heavy atom. The number of rotatable bonds is 2. The fourth-order valence-corrected chi connectivity index (χ4v) is 2.51. The van der Waals surface area contributed by atoms with E-state index in [0.717, 1.165) is 17.1 Å². The van der Waals surface area contributed by atoms with Gasteiger partial charge >= 0.3 is 0 Å². The molecular formula is C11H14N2S. The van der Waals surface area contributed by atoms with E-state index in [1.165, 1.54) is 15.8 Å². The van der Waals surface area contributed by atoms with Crippen molar-refractivity contribution in [3.8, 4) is 0 Å². The molecule has 1 aromatic heterocycles. The van der Waals surface area contributed by atoms with Crippen molar-refractivity contribution in [1.29, 1.82) is 0 Å². The van der Waals surface area contributed by atoms with E-state index in [-0.39, 0.29) is 0 Å². The molecule has 0 unspecified atom stereocenters. The van der Waals surface area contributed by atoms with Gasteiger partial charge in [-0.15, -0.1) is 11.3 Å². The second kappa shape index (κ2) is 3.67. The zero-order valence-electron chi connectivity index (χ0n) is 8.72. The molecule has 2 nitrogen and oxygen atoms in total. The first-order valence-corrected chi connectivity index (χ1v) is 5.53. The Balaban J connectivity index is 2.54. The number of hydrogen-bond acceptors (Lipinski definition) is 3. The Labute approximate surface area is 88.0 Å². The fraction of sp³-hybridized carbons (Fsp3) is 0.364. The molecule has 0 spiro atoms. The molecule has 0 saturated carbocycles. The van der Waals surface area contributed by atoms with Gasteiger partial charge in [0.25, 0.3) is 0 Å². The van der Waals surface area contributed by atoms with Crippen LogP contribution in [-0.4, -0.2) is 12.0 Å². The quantitative estimate of drug-likeness (QED) is 0.817. The molecule has 3 heteroatoms. The number of fused-ring (bicyclic) bond motifs is 1. The first-order valence-electron chi connectivity index (χ1n) is 4.72. The van der Waals surface area contributed by atoms with Gasteiger partial charge in [-0.25, -0.2) is 4.98 Å². The molecular weight excluding hydrogens is 192 g/mol. The standard InChI is InChI=1S/C11H14N2S/c1-7-4-9-10(5-8(7)2)14-11(13-9)6-12-3/h4-5,12H,6H2,1-3H3. The Kier molecular flexibility index (Phi) is 2.52. The highest BCUT2D eigenvalue weighted by Gasteiger charge is 2.04. The van der Waals surface area contributed by atoms with Gasteiger partial charge in [0.1, 0.15) is 5.01 Å². The van der Waals surface area contributed by atoms with Crippen molar-refractivity contribution in [2.75, 3.05) is 7.05 Å². The minimum atomic E-state index is 0.859. The Hall–Kier alpha value is -0.930. The van der Waals surface area contributed by atoms with Crippen LogP contribution in [0.5, 0.6) is 0 Å². The third-order valence-corrected chi connectivity index (χ3v) is 3.39. The van der Waals surface area contributed by atoms with Crippen molar-refractivity contribution in [3.63, 3.8) is 0 Å². The fourth-order valence-electron chi connectivity index (χ4n) is 1.45. The van der Waals surface area contributed by atoms with Crippen molar-refractivity contribution in [2.24, 2.45) is 0 Å². The van der Waals surface area contributed by atoms with Crippen molar-refractivity contribution >= 4 is 21.6 Å². The predicted molar refractivity (Wildman–Crippen MR) is 61.9 cm³/mol. The van der Waals surface area contributed by atoms with E-state index in [4.69, 9.17) is 0 Å². The number of nitrogens with zero attached hydrogens (tertiary/aromatic N) is 1. The highest BCUT2D eigenvalue weighted by Crippen LogP contribution is 2.24. The van der Waals surface area contributed by atoms with Gasteiger partial charge in [-0.2, -0.15) is 0 Å². The summed E-state index contributed by atoms with van der Waals surface area (Å²) in [4.78, 5) is 4.56. The van der Waals surface area contributed by atoms with Crippen LogP contribution < -0.4 is 5.32 Å².